The third-order valence-corrected chi connectivity index (χ3v) is 5.54. The first-order chi connectivity index (χ1) is 14.8. The van der Waals surface area contributed by atoms with Gasteiger partial charge in [-0.1, -0.05) is 0 Å². The molecule has 0 aliphatic carbocycles. The Morgan fingerprint density at radius 2 is 1.61 bits per heavy atom. The van der Waals surface area contributed by atoms with Gasteiger partial charge in [0.2, 0.25) is 15.0 Å². The topological polar surface area (TPSA) is 115 Å². The lowest BCUT2D eigenvalue weighted by Crippen LogP contribution is -2.46. The molecule has 3 heterocycles. The van der Waals surface area contributed by atoms with Crippen molar-refractivity contribution in [3.63, 3.8) is 0 Å². The fourth-order valence-electron chi connectivity index (χ4n) is 3.11. The molecule has 3 aromatic rings. The first-order valence-corrected chi connectivity index (χ1v) is 11.0. The van der Waals surface area contributed by atoms with Crippen LogP contribution in [0.2, 0.25) is 0 Å². The molecule has 0 spiro atoms. The van der Waals surface area contributed by atoms with E-state index >= 15 is 0 Å². The maximum absolute atomic E-state index is 13.5. The number of urea groups is 1. The van der Waals surface area contributed by atoms with Crippen LogP contribution in [-0.2, 0) is 16.4 Å². The Balaban J connectivity index is 1.85. The summed E-state index contributed by atoms with van der Waals surface area (Å²) in [6.07, 6.45) is 3.89. The number of pyridine rings is 1. The number of benzene rings is 1. The maximum atomic E-state index is 13.5. The summed E-state index contributed by atoms with van der Waals surface area (Å²) in [5, 5.41) is -0.365. The second-order valence-electron chi connectivity index (χ2n) is 6.73. The van der Waals surface area contributed by atoms with Gasteiger partial charge in [0.15, 0.2) is 5.82 Å². The largest absolute Gasteiger partial charge is 0.497 e. The highest BCUT2D eigenvalue weighted by molar-refractivity contribution is 7.90. The second-order valence-corrected chi connectivity index (χ2v) is 8.64. The first kappa shape index (κ1) is 20.5. The first-order valence-electron chi connectivity index (χ1n) is 9.13. The van der Waals surface area contributed by atoms with Crippen molar-refractivity contribution in [2.24, 2.45) is 0 Å². The molecule has 11 heteroatoms. The highest BCUT2D eigenvalue weighted by atomic mass is 32.2. The number of rotatable bonds is 5. The molecule has 0 radical (unpaired) electrons. The normalized spacial score (nSPS) is 13.7. The van der Waals surface area contributed by atoms with Crippen molar-refractivity contribution in [2.75, 3.05) is 30.3 Å². The molecule has 1 aromatic carbocycles. The van der Waals surface area contributed by atoms with Crippen LogP contribution in [0.5, 0.6) is 11.5 Å². The summed E-state index contributed by atoms with van der Waals surface area (Å²) in [6.45, 7) is 0.164. The summed E-state index contributed by atoms with van der Waals surface area (Å²) >= 11 is 0. The van der Waals surface area contributed by atoms with Crippen molar-refractivity contribution < 1.29 is 22.7 Å². The zero-order valence-corrected chi connectivity index (χ0v) is 17.8. The van der Waals surface area contributed by atoms with Gasteiger partial charge in [0.05, 0.1) is 27.0 Å². The molecule has 0 saturated carbocycles. The number of anilines is 3. The Morgan fingerprint density at radius 3 is 2.19 bits per heavy atom. The van der Waals surface area contributed by atoms with E-state index in [4.69, 9.17) is 9.47 Å². The van der Waals surface area contributed by atoms with Crippen LogP contribution < -0.4 is 19.3 Å². The number of carbonyl (C=O) groups excluding carboxylic acids is 1. The maximum Gasteiger partial charge on any atom is 0.336 e. The summed E-state index contributed by atoms with van der Waals surface area (Å²) in [5.74, 6) is 1.61. The number of ether oxygens (including phenoxy) is 2. The predicted molar refractivity (Wildman–Crippen MR) is 113 cm³/mol. The number of amides is 2. The molecule has 0 saturated heterocycles. The molecule has 160 valence electrons. The average Bonchev–Trinajstić information content (AvgIpc) is 2.78. The van der Waals surface area contributed by atoms with E-state index in [1.807, 2.05) is 0 Å². The van der Waals surface area contributed by atoms with E-state index in [2.05, 4.69) is 15.0 Å². The molecule has 1 aliphatic heterocycles. The quantitative estimate of drug-likeness (QED) is 0.555. The van der Waals surface area contributed by atoms with Crippen molar-refractivity contribution >= 4 is 33.2 Å². The van der Waals surface area contributed by atoms with Crippen molar-refractivity contribution in [1.82, 2.24) is 15.0 Å². The minimum absolute atomic E-state index is 0.164. The summed E-state index contributed by atoms with van der Waals surface area (Å²) in [6, 6.07) is 9.82. The molecular formula is C20H19N5O5S. The average molecular weight is 441 g/mol. The summed E-state index contributed by atoms with van der Waals surface area (Å²) in [7, 11) is -0.602. The minimum Gasteiger partial charge on any atom is -0.497 e. The number of nitrogens with zero attached hydrogens (tertiary/aromatic N) is 5. The van der Waals surface area contributed by atoms with Gasteiger partial charge >= 0.3 is 6.03 Å². The van der Waals surface area contributed by atoms with Crippen molar-refractivity contribution in [1.29, 1.82) is 0 Å². The van der Waals surface area contributed by atoms with Crippen molar-refractivity contribution in [3.05, 3.63) is 54.4 Å². The highest BCUT2D eigenvalue weighted by Gasteiger charge is 2.35. The minimum atomic E-state index is -3.67. The number of carbonyl (C=O) groups is 1. The number of methoxy groups -OCH3 is 2. The van der Waals surface area contributed by atoms with Crippen LogP contribution in [0, 0.1) is 0 Å². The van der Waals surface area contributed by atoms with Gasteiger partial charge in [-0.3, -0.25) is 4.90 Å². The third kappa shape index (κ3) is 3.87. The molecule has 0 fully saturated rings. The van der Waals surface area contributed by atoms with Crippen LogP contribution in [0.1, 0.15) is 5.56 Å². The molecule has 0 bridgehead atoms. The van der Waals surface area contributed by atoms with Crippen LogP contribution in [-0.4, -0.2) is 49.9 Å². The second kappa shape index (κ2) is 7.84. The Bertz CT molecular complexity index is 1230. The van der Waals surface area contributed by atoms with Gasteiger partial charge in [0.1, 0.15) is 17.3 Å². The standard InChI is InChI=1S/C20H19N5O5S/c1-29-15-6-4-14(5-7-15)24-12-13-10-22-19(31(3,27)28)23-18(13)25(20(24)26)17-9-8-16(30-2)11-21-17/h4-11H,12H2,1-3H3. The molecular weight excluding hydrogens is 422 g/mol. The number of hydrogen-bond donors (Lipinski definition) is 0. The fourth-order valence-corrected chi connectivity index (χ4v) is 3.61. The predicted octanol–water partition coefficient (Wildman–Crippen LogP) is 2.57. The van der Waals surface area contributed by atoms with Gasteiger partial charge in [0.25, 0.3) is 0 Å². The van der Waals surface area contributed by atoms with Gasteiger partial charge in [0, 0.05) is 23.7 Å². The SMILES string of the molecule is COc1ccc(N2Cc3cnc(S(C)(=O)=O)nc3N(c3ccc(OC)cn3)C2=O)cc1. The van der Waals surface area contributed by atoms with Gasteiger partial charge in [-0.05, 0) is 36.4 Å². The van der Waals surface area contributed by atoms with E-state index in [1.54, 1.807) is 43.5 Å². The zero-order chi connectivity index (χ0) is 22.2. The molecule has 0 N–H and O–H groups in total. The lowest BCUT2D eigenvalue weighted by atomic mass is 10.2. The van der Waals surface area contributed by atoms with Gasteiger partial charge in [-0.25, -0.2) is 28.1 Å². The summed E-state index contributed by atoms with van der Waals surface area (Å²) < 4.78 is 34.3. The van der Waals surface area contributed by atoms with E-state index in [-0.39, 0.29) is 23.3 Å². The lowest BCUT2D eigenvalue weighted by molar-refractivity contribution is 0.252. The Morgan fingerprint density at radius 1 is 0.935 bits per heavy atom. The Labute approximate surface area is 179 Å². The van der Waals surface area contributed by atoms with E-state index < -0.39 is 15.9 Å². The Kier molecular flexibility index (Phi) is 5.19. The van der Waals surface area contributed by atoms with Crippen LogP contribution >= 0.6 is 0 Å². The number of aromatic nitrogens is 3. The molecule has 2 aromatic heterocycles. The molecule has 0 unspecified atom stereocenters. The van der Waals surface area contributed by atoms with Crippen LogP contribution in [0.15, 0.2) is 53.9 Å². The van der Waals surface area contributed by atoms with E-state index in [0.717, 1.165) is 6.26 Å². The molecule has 2 amide bonds. The van der Waals surface area contributed by atoms with E-state index in [9.17, 15) is 13.2 Å². The molecule has 4 rings (SSSR count). The van der Waals surface area contributed by atoms with Crippen molar-refractivity contribution in [3.8, 4) is 11.5 Å². The van der Waals surface area contributed by atoms with Crippen molar-refractivity contribution in [2.45, 2.75) is 11.7 Å². The smallest absolute Gasteiger partial charge is 0.336 e. The van der Waals surface area contributed by atoms with E-state index in [0.29, 0.717) is 22.7 Å². The highest BCUT2D eigenvalue weighted by Crippen LogP contribution is 2.35. The van der Waals surface area contributed by atoms with Crippen LogP contribution in [0.25, 0.3) is 0 Å². The summed E-state index contributed by atoms with van der Waals surface area (Å²) in [4.78, 5) is 28.7. The number of hydrogen-bond acceptors (Lipinski definition) is 8. The lowest BCUT2D eigenvalue weighted by Gasteiger charge is -2.35. The molecule has 31 heavy (non-hydrogen) atoms. The number of fused-ring (bicyclic) bond motifs is 1. The fraction of sp³-hybridized carbons (Fsp3) is 0.200. The van der Waals surface area contributed by atoms with Crippen LogP contribution in [0.4, 0.5) is 22.1 Å². The molecule has 10 nitrogen and oxygen atoms in total. The monoisotopic (exact) mass is 441 g/mol. The van der Waals surface area contributed by atoms with Gasteiger partial charge in [-0.15, -0.1) is 0 Å². The van der Waals surface area contributed by atoms with Gasteiger partial charge < -0.3 is 9.47 Å². The molecule has 0 atom stereocenters. The van der Waals surface area contributed by atoms with E-state index in [1.165, 1.54) is 29.3 Å². The van der Waals surface area contributed by atoms with Crippen LogP contribution in [0.3, 0.4) is 0 Å². The summed E-state index contributed by atoms with van der Waals surface area (Å²) in [5.41, 5.74) is 1.20. The Hall–Kier alpha value is -3.73. The third-order valence-electron chi connectivity index (χ3n) is 4.68. The number of sulfone groups is 1. The zero-order valence-electron chi connectivity index (χ0n) is 17.0. The van der Waals surface area contributed by atoms with Gasteiger partial charge in [-0.2, -0.15) is 4.98 Å². The molecule has 1 aliphatic rings.